The fourth-order valence-electron chi connectivity index (χ4n) is 4.59. The first-order valence-corrected chi connectivity index (χ1v) is 10.1. The molecule has 25 heavy (non-hydrogen) atoms. The molecule has 0 spiro atoms. The third-order valence-corrected chi connectivity index (χ3v) is 6.18. The first kappa shape index (κ1) is 21.2. The second-order valence-electron chi connectivity index (χ2n) is 7.85. The van der Waals surface area contributed by atoms with Crippen molar-refractivity contribution in [2.75, 3.05) is 39.9 Å². The van der Waals surface area contributed by atoms with E-state index in [1.807, 2.05) is 7.05 Å². The normalized spacial score (nSPS) is 29.6. The van der Waals surface area contributed by atoms with Gasteiger partial charge in [-0.05, 0) is 31.6 Å². The minimum absolute atomic E-state index is 0. The van der Waals surface area contributed by atoms with Gasteiger partial charge in [0, 0.05) is 38.3 Å². The highest BCUT2D eigenvalue weighted by Crippen LogP contribution is 2.35. The molecule has 1 saturated heterocycles. The molecule has 3 fully saturated rings. The zero-order valence-electron chi connectivity index (χ0n) is 16.1. The van der Waals surface area contributed by atoms with Gasteiger partial charge < -0.3 is 15.4 Å². The van der Waals surface area contributed by atoms with Crippen LogP contribution in [-0.4, -0.2) is 62.3 Å². The van der Waals surface area contributed by atoms with E-state index in [2.05, 4.69) is 27.4 Å². The number of rotatable bonds is 6. The van der Waals surface area contributed by atoms with Gasteiger partial charge in [-0.3, -0.25) is 9.89 Å². The fraction of sp³-hybridized carbons (Fsp3) is 0.947. The zero-order chi connectivity index (χ0) is 16.8. The van der Waals surface area contributed by atoms with Crippen molar-refractivity contribution in [3.8, 4) is 0 Å². The average molecular weight is 464 g/mol. The van der Waals surface area contributed by atoms with E-state index in [-0.39, 0.29) is 24.0 Å². The van der Waals surface area contributed by atoms with Crippen LogP contribution in [0.4, 0.5) is 0 Å². The maximum atomic E-state index is 5.58. The van der Waals surface area contributed by atoms with Crippen molar-refractivity contribution in [2.24, 2.45) is 10.9 Å². The number of guanidine groups is 1. The number of morpholine rings is 1. The number of ether oxygens (including phenoxy) is 1. The van der Waals surface area contributed by atoms with E-state index >= 15 is 0 Å². The smallest absolute Gasteiger partial charge is 0.191 e. The summed E-state index contributed by atoms with van der Waals surface area (Å²) in [5, 5.41) is 7.30. The molecule has 2 aliphatic carbocycles. The molecule has 0 bridgehead atoms. The number of nitrogens with zero attached hydrogens (tertiary/aromatic N) is 2. The molecule has 0 aromatic carbocycles. The molecule has 1 heterocycles. The predicted octanol–water partition coefficient (Wildman–Crippen LogP) is 2.99. The van der Waals surface area contributed by atoms with Gasteiger partial charge in [0.05, 0.1) is 13.2 Å². The first-order valence-electron chi connectivity index (χ1n) is 10.1. The SMILES string of the molecule is CCCC1CC1NC(=NC)NCC1(N2CCOCC2)CCCCC1.I. The van der Waals surface area contributed by atoms with Crippen LogP contribution >= 0.6 is 24.0 Å². The fourth-order valence-corrected chi connectivity index (χ4v) is 4.59. The van der Waals surface area contributed by atoms with Crippen LogP contribution in [0.1, 0.15) is 58.3 Å². The summed E-state index contributed by atoms with van der Waals surface area (Å²) >= 11 is 0. The lowest BCUT2D eigenvalue weighted by molar-refractivity contribution is -0.0352. The first-order chi connectivity index (χ1) is 11.8. The minimum Gasteiger partial charge on any atom is -0.379 e. The van der Waals surface area contributed by atoms with E-state index in [0.717, 1.165) is 44.7 Å². The van der Waals surface area contributed by atoms with Gasteiger partial charge in [-0.1, -0.05) is 32.6 Å². The quantitative estimate of drug-likeness (QED) is 0.361. The van der Waals surface area contributed by atoms with Gasteiger partial charge in [0.25, 0.3) is 0 Å². The van der Waals surface area contributed by atoms with E-state index in [0.29, 0.717) is 11.6 Å². The molecule has 3 rings (SSSR count). The summed E-state index contributed by atoms with van der Waals surface area (Å²) < 4.78 is 5.58. The van der Waals surface area contributed by atoms with Crippen molar-refractivity contribution in [3.05, 3.63) is 0 Å². The highest BCUT2D eigenvalue weighted by Gasteiger charge is 2.40. The number of halogens is 1. The second kappa shape index (κ2) is 10.3. The number of hydrogen-bond donors (Lipinski definition) is 2. The summed E-state index contributed by atoms with van der Waals surface area (Å²) in [5.41, 5.74) is 0.298. The van der Waals surface area contributed by atoms with E-state index in [1.165, 1.54) is 51.4 Å². The molecule has 0 amide bonds. The Labute approximate surface area is 170 Å². The summed E-state index contributed by atoms with van der Waals surface area (Å²) in [6, 6.07) is 0.641. The van der Waals surface area contributed by atoms with Crippen molar-refractivity contribution < 1.29 is 4.74 Å². The van der Waals surface area contributed by atoms with Gasteiger partial charge in [-0.15, -0.1) is 24.0 Å². The van der Waals surface area contributed by atoms with Crippen LogP contribution in [0.15, 0.2) is 4.99 Å². The van der Waals surface area contributed by atoms with E-state index in [4.69, 9.17) is 4.74 Å². The minimum atomic E-state index is 0. The Morgan fingerprint density at radius 2 is 1.92 bits per heavy atom. The monoisotopic (exact) mass is 464 g/mol. The van der Waals surface area contributed by atoms with Crippen LogP contribution in [0.2, 0.25) is 0 Å². The van der Waals surface area contributed by atoms with Crippen LogP contribution in [0.3, 0.4) is 0 Å². The van der Waals surface area contributed by atoms with E-state index < -0.39 is 0 Å². The largest absolute Gasteiger partial charge is 0.379 e. The van der Waals surface area contributed by atoms with Crippen LogP contribution in [0, 0.1) is 5.92 Å². The predicted molar refractivity (Wildman–Crippen MR) is 115 cm³/mol. The van der Waals surface area contributed by atoms with Gasteiger partial charge >= 0.3 is 0 Å². The Morgan fingerprint density at radius 1 is 1.20 bits per heavy atom. The molecule has 1 aliphatic heterocycles. The average Bonchev–Trinajstić information content (AvgIpc) is 3.38. The van der Waals surface area contributed by atoms with Crippen molar-refractivity contribution in [1.82, 2.24) is 15.5 Å². The topological polar surface area (TPSA) is 48.9 Å². The molecule has 6 heteroatoms. The molecule has 2 N–H and O–H groups in total. The van der Waals surface area contributed by atoms with Crippen LogP contribution in [0.25, 0.3) is 0 Å². The van der Waals surface area contributed by atoms with Crippen molar-refractivity contribution in [3.63, 3.8) is 0 Å². The van der Waals surface area contributed by atoms with Crippen LogP contribution in [0.5, 0.6) is 0 Å². The molecule has 3 aliphatic rings. The van der Waals surface area contributed by atoms with E-state index in [1.54, 1.807) is 0 Å². The Morgan fingerprint density at radius 3 is 2.56 bits per heavy atom. The highest BCUT2D eigenvalue weighted by molar-refractivity contribution is 14.0. The molecule has 2 atom stereocenters. The van der Waals surface area contributed by atoms with E-state index in [9.17, 15) is 0 Å². The standard InChI is InChI=1S/C19H36N4O.HI/c1-3-7-16-14-17(16)22-18(20-2)21-15-19(8-5-4-6-9-19)23-10-12-24-13-11-23;/h16-17H,3-15H2,1-2H3,(H2,20,21,22);1H. The third kappa shape index (κ3) is 5.70. The van der Waals surface area contributed by atoms with Gasteiger partial charge in [-0.25, -0.2) is 0 Å². The van der Waals surface area contributed by atoms with Gasteiger partial charge in [0.15, 0.2) is 5.96 Å². The van der Waals surface area contributed by atoms with Gasteiger partial charge in [0.2, 0.25) is 0 Å². The number of aliphatic imine (C=N–C) groups is 1. The molecule has 0 aromatic heterocycles. The summed E-state index contributed by atoms with van der Waals surface area (Å²) in [6.45, 7) is 7.21. The lowest BCUT2D eigenvalue weighted by Gasteiger charge is -2.48. The molecule has 0 aromatic rings. The Hall–Kier alpha value is -0.0800. The third-order valence-electron chi connectivity index (χ3n) is 6.18. The second-order valence-corrected chi connectivity index (χ2v) is 7.85. The number of hydrogen-bond acceptors (Lipinski definition) is 3. The lowest BCUT2D eigenvalue weighted by atomic mass is 9.80. The summed E-state index contributed by atoms with van der Waals surface area (Å²) in [7, 11) is 1.90. The Bertz CT molecular complexity index is 420. The highest BCUT2D eigenvalue weighted by atomic mass is 127. The lowest BCUT2D eigenvalue weighted by Crippen LogP contribution is -2.60. The van der Waals surface area contributed by atoms with Crippen LogP contribution < -0.4 is 10.6 Å². The molecule has 5 nitrogen and oxygen atoms in total. The van der Waals surface area contributed by atoms with Gasteiger partial charge in [-0.2, -0.15) is 0 Å². The molecule has 2 saturated carbocycles. The molecule has 0 radical (unpaired) electrons. The summed E-state index contributed by atoms with van der Waals surface area (Å²) in [6.07, 6.45) is 10.6. The Balaban J connectivity index is 0.00000225. The molecular weight excluding hydrogens is 427 g/mol. The van der Waals surface area contributed by atoms with Crippen molar-refractivity contribution >= 4 is 29.9 Å². The number of nitrogens with one attached hydrogen (secondary N) is 2. The maximum Gasteiger partial charge on any atom is 0.191 e. The maximum absolute atomic E-state index is 5.58. The molecule has 146 valence electrons. The summed E-state index contributed by atoms with van der Waals surface area (Å²) in [5.74, 6) is 1.85. The van der Waals surface area contributed by atoms with Crippen molar-refractivity contribution in [1.29, 1.82) is 0 Å². The molecular formula is C19H37IN4O. The van der Waals surface area contributed by atoms with Gasteiger partial charge in [0.1, 0.15) is 0 Å². The summed E-state index contributed by atoms with van der Waals surface area (Å²) in [4.78, 5) is 7.16. The van der Waals surface area contributed by atoms with Crippen LogP contribution in [-0.2, 0) is 4.74 Å². The Kier molecular flexibility index (Phi) is 8.75. The van der Waals surface area contributed by atoms with Crippen molar-refractivity contribution in [2.45, 2.75) is 69.9 Å². The molecule has 2 unspecified atom stereocenters. The zero-order valence-corrected chi connectivity index (χ0v) is 18.4.